The third-order valence-electron chi connectivity index (χ3n) is 5.12. The predicted molar refractivity (Wildman–Crippen MR) is 125 cm³/mol. The highest BCUT2D eigenvalue weighted by Gasteiger charge is 2.33. The molecule has 0 unspecified atom stereocenters. The molecule has 2 aromatic carbocycles. The van der Waals surface area contributed by atoms with Gasteiger partial charge in [0.2, 0.25) is 0 Å². The van der Waals surface area contributed by atoms with E-state index in [1.807, 2.05) is 0 Å². The molecule has 1 heterocycles. The highest BCUT2D eigenvalue weighted by atomic mass is 35.5. The maximum atomic E-state index is 13.4. The predicted octanol–water partition coefficient (Wildman–Crippen LogP) is 5.92. The Kier molecular flexibility index (Phi) is 7.46. The minimum absolute atomic E-state index is 0.103. The largest absolute Gasteiger partial charge is 0.496 e. The molecular weight excluding hydrogens is 471 g/mol. The van der Waals surface area contributed by atoms with Gasteiger partial charge in [0, 0.05) is 30.4 Å². The van der Waals surface area contributed by atoms with Gasteiger partial charge in [-0.15, -0.1) is 0 Å². The first-order valence-electron chi connectivity index (χ1n) is 9.90. The van der Waals surface area contributed by atoms with Crippen molar-refractivity contribution >= 4 is 29.9 Å². The van der Waals surface area contributed by atoms with Crippen molar-refractivity contribution in [3.05, 3.63) is 70.5 Å². The molecule has 0 fully saturated rings. The van der Waals surface area contributed by atoms with Crippen LogP contribution in [0.1, 0.15) is 21.6 Å². The molecule has 3 rings (SSSR count). The van der Waals surface area contributed by atoms with E-state index in [-0.39, 0.29) is 28.4 Å². The maximum absolute atomic E-state index is 13.4. The molecule has 0 aliphatic rings. The van der Waals surface area contributed by atoms with Crippen molar-refractivity contribution in [2.24, 2.45) is 4.99 Å². The number of hydrogen-bond acceptors (Lipinski definition) is 5. The Morgan fingerprint density at radius 2 is 1.79 bits per heavy atom. The van der Waals surface area contributed by atoms with Gasteiger partial charge >= 0.3 is 6.18 Å². The average Bonchev–Trinajstić information content (AvgIpc) is 2.82. The van der Waals surface area contributed by atoms with E-state index >= 15 is 0 Å². The summed E-state index contributed by atoms with van der Waals surface area (Å²) in [4.78, 5) is 22.1. The number of para-hydroxylation sites is 2. The number of aliphatic imine (C=N–C) groups is 1. The zero-order chi connectivity index (χ0) is 25.0. The second kappa shape index (κ2) is 10.1. The molecule has 178 valence electrons. The first-order valence-corrected chi connectivity index (χ1v) is 10.3. The molecule has 6 nitrogen and oxygen atoms in total. The van der Waals surface area contributed by atoms with Crippen LogP contribution in [0.25, 0.3) is 11.1 Å². The number of benzene rings is 2. The van der Waals surface area contributed by atoms with Crippen LogP contribution in [-0.4, -0.2) is 38.9 Å². The van der Waals surface area contributed by atoms with Gasteiger partial charge in [0.1, 0.15) is 17.2 Å². The van der Waals surface area contributed by atoms with E-state index in [0.29, 0.717) is 22.6 Å². The van der Waals surface area contributed by atoms with Crippen LogP contribution < -0.4 is 14.4 Å². The molecule has 0 aliphatic heterocycles. The van der Waals surface area contributed by atoms with Crippen molar-refractivity contribution in [1.82, 2.24) is 4.98 Å². The Hall–Kier alpha value is -3.59. The molecule has 3 aromatic rings. The van der Waals surface area contributed by atoms with E-state index in [0.717, 1.165) is 12.3 Å². The van der Waals surface area contributed by atoms with Crippen LogP contribution in [0.15, 0.2) is 53.7 Å². The SMILES string of the molecule is C=NCc1cc(C(F)(F)F)ncc1-c1cc(C(=O)N(C)c2ccccc2OC)c(OC)cc1Cl. The second-order valence-corrected chi connectivity index (χ2v) is 7.58. The minimum atomic E-state index is -4.63. The molecule has 0 aliphatic carbocycles. The average molecular weight is 492 g/mol. The van der Waals surface area contributed by atoms with Crippen molar-refractivity contribution in [2.45, 2.75) is 12.7 Å². The highest BCUT2D eigenvalue weighted by molar-refractivity contribution is 6.34. The summed E-state index contributed by atoms with van der Waals surface area (Å²) in [6.45, 7) is 3.27. The van der Waals surface area contributed by atoms with Crippen molar-refractivity contribution in [3.63, 3.8) is 0 Å². The van der Waals surface area contributed by atoms with Crippen LogP contribution >= 0.6 is 11.6 Å². The van der Waals surface area contributed by atoms with E-state index < -0.39 is 17.8 Å². The van der Waals surface area contributed by atoms with Crippen LogP contribution in [0.4, 0.5) is 18.9 Å². The Bertz CT molecular complexity index is 1230. The molecule has 0 N–H and O–H groups in total. The smallest absolute Gasteiger partial charge is 0.433 e. The number of halogens is 4. The first kappa shape index (κ1) is 25.0. The van der Waals surface area contributed by atoms with Crippen LogP contribution in [0.2, 0.25) is 5.02 Å². The van der Waals surface area contributed by atoms with E-state index in [1.54, 1.807) is 31.3 Å². The van der Waals surface area contributed by atoms with Crippen molar-refractivity contribution in [3.8, 4) is 22.6 Å². The normalized spacial score (nSPS) is 11.1. The van der Waals surface area contributed by atoms with Crippen LogP contribution in [0.5, 0.6) is 11.5 Å². The summed E-state index contributed by atoms with van der Waals surface area (Å²) in [6, 6.07) is 10.8. The Balaban J connectivity index is 2.16. The monoisotopic (exact) mass is 491 g/mol. The molecular formula is C24H21ClF3N3O3. The zero-order valence-electron chi connectivity index (χ0n) is 18.6. The summed E-state index contributed by atoms with van der Waals surface area (Å²) in [6.07, 6.45) is -3.56. The van der Waals surface area contributed by atoms with Gasteiger partial charge < -0.3 is 14.4 Å². The summed E-state index contributed by atoms with van der Waals surface area (Å²) < 4.78 is 50.3. The van der Waals surface area contributed by atoms with Crippen molar-refractivity contribution in [1.29, 1.82) is 0 Å². The standard InChI is InChI=1S/C24H21ClF3N3O3/c1-29-12-14-9-22(24(26,27)28)30-13-17(14)15-10-16(21(34-4)11-18(15)25)23(32)31(2)19-7-5-6-8-20(19)33-3/h5-11,13H,1,12H2,2-4H3. The summed E-state index contributed by atoms with van der Waals surface area (Å²) in [5, 5.41) is 0.167. The highest BCUT2D eigenvalue weighted by Crippen LogP contribution is 2.39. The number of rotatable bonds is 7. The number of hydrogen-bond donors (Lipinski definition) is 0. The molecule has 0 saturated heterocycles. The summed E-state index contributed by atoms with van der Waals surface area (Å²) in [7, 11) is 4.45. The summed E-state index contributed by atoms with van der Waals surface area (Å²) >= 11 is 6.44. The number of amides is 1. The maximum Gasteiger partial charge on any atom is 0.433 e. The molecule has 1 amide bonds. The Labute approximate surface area is 199 Å². The zero-order valence-corrected chi connectivity index (χ0v) is 19.4. The molecule has 0 saturated carbocycles. The fraction of sp³-hybridized carbons (Fsp3) is 0.208. The van der Waals surface area contributed by atoms with Crippen LogP contribution in [-0.2, 0) is 12.7 Å². The number of ether oxygens (including phenoxy) is 2. The van der Waals surface area contributed by atoms with Crippen molar-refractivity contribution < 1.29 is 27.4 Å². The molecule has 0 atom stereocenters. The number of anilines is 1. The number of alkyl halides is 3. The van der Waals surface area contributed by atoms with E-state index in [1.165, 1.54) is 31.3 Å². The van der Waals surface area contributed by atoms with Gasteiger partial charge in [-0.25, -0.2) is 0 Å². The summed E-state index contributed by atoms with van der Waals surface area (Å²) in [5.41, 5.74) is 0.405. The lowest BCUT2D eigenvalue weighted by molar-refractivity contribution is -0.141. The number of nitrogens with zero attached hydrogens (tertiary/aromatic N) is 3. The fourth-order valence-electron chi connectivity index (χ4n) is 3.44. The van der Waals surface area contributed by atoms with Crippen molar-refractivity contribution in [2.75, 3.05) is 26.2 Å². The number of aromatic nitrogens is 1. The number of carbonyl (C=O) groups is 1. The van der Waals surface area contributed by atoms with Gasteiger partial charge in [-0.1, -0.05) is 23.7 Å². The van der Waals surface area contributed by atoms with Gasteiger partial charge in [-0.3, -0.25) is 14.8 Å². The third kappa shape index (κ3) is 4.99. The molecule has 0 radical (unpaired) electrons. The molecule has 10 heteroatoms. The van der Waals surface area contributed by atoms with Crippen LogP contribution in [0.3, 0.4) is 0 Å². The van der Waals surface area contributed by atoms with Gasteiger partial charge in [-0.05, 0) is 36.5 Å². The number of carbonyl (C=O) groups excluding carboxylic acids is 1. The number of methoxy groups -OCH3 is 2. The van der Waals surface area contributed by atoms with E-state index in [4.69, 9.17) is 21.1 Å². The topological polar surface area (TPSA) is 64.0 Å². The van der Waals surface area contributed by atoms with Gasteiger partial charge in [0.05, 0.1) is 37.0 Å². The van der Waals surface area contributed by atoms with Gasteiger partial charge in [0.15, 0.2) is 0 Å². The van der Waals surface area contributed by atoms with Gasteiger partial charge in [0.25, 0.3) is 5.91 Å². The minimum Gasteiger partial charge on any atom is -0.496 e. The van der Waals surface area contributed by atoms with Gasteiger partial charge in [-0.2, -0.15) is 13.2 Å². The van der Waals surface area contributed by atoms with E-state index in [9.17, 15) is 18.0 Å². The molecule has 1 aromatic heterocycles. The lowest BCUT2D eigenvalue weighted by Crippen LogP contribution is -2.27. The first-order chi connectivity index (χ1) is 16.1. The Morgan fingerprint density at radius 1 is 1.12 bits per heavy atom. The number of pyridine rings is 1. The lowest BCUT2D eigenvalue weighted by atomic mass is 9.98. The lowest BCUT2D eigenvalue weighted by Gasteiger charge is -2.22. The summed E-state index contributed by atoms with van der Waals surface area (Å²) in [5.74, 6) is 0.240. The Morgan fingerprint density at radius 3 is 2.41 bits per heavy atom. The van der Waals surface area contributed by atoms with Crippen LogP contribution in [0, 0.1) is 0 Å². The molecule has 0 bridgehead atoms. The second-order valence-electron chi connectivity index (χ2n) is 7.17. The quantitative estimate of drug-likeness (QED) is 0.385. The van der Waals surface area contributed by atoms with E-state index in [2.05, 4.69) is 16.7 Å². The fourth-order valence-corrected chi connectivity index (χ4v) is 3.70. The molecule has 34 heavy (non-hydrogen) atoms. The molecule has 0 spiro atoms. The third-order valence-corrected chi connectivity index (χ3v) is 5.44.